The predicted molar refractivity (Wildman–Crippen MR) is 82.9 cm³/mol. The SMILES string of the molecule is Clc1ccc(Cl)c(CN(CCCBr)C2CCC2)c1. The summed E-state index contributed by atoms with van der Waals surface area (Å²) < 4.78 is 0. The number of benzene rings is 1. The summed E-state index contributed by atoms with van der Waals surface area (Å²) in [5.41, 5.74) is 1.14. The summed E-state index contributed by atoms with van der Waals surface area (Å²) in [4.78, 5) is 2.54. The summed E-state index contributed by atoms with van der Waals surface area (Å²) in [6.07, 6.45) is 5.17. The summed E-state index contributed by atoms with van der Waals surface area (Å²) in [6.45, 7) is 2.04. The van der Waals surface area contributed by atoms with Crippen molar-refractivity contribution in [2.75, 3.05) is 11.9 Å². The lowest BCUT2D eigenvalue weighted by molar-refractivity contribution is 0.120. The van der Waals surface area contributed by atoms with E-state index in [1.165, 1.54) is 25.7 Å². The molecule has 1 aromatic carbocycles. The van der Waals surface area contributed by atoms with Crippen LogP contribution in [0.25, 0.3) is 0 Å². The van der Waals surface area contributed by atoms with Gasteiger partial charge in [0.2, 0.25) is 0 Å². The zero-order valence-electron chi connectivity index (χ0n) is 10.3. The molecule has 4 heteroatoms. The molecule has 0 N–H and O–H groups in total. The van der Waals surface area contributed by atoms with Gasteiger partial charge in [-0.3, -0.25) is 4.90 Å². The first-order valence-electron chi connectivity index (χ1n) is 6.44. The molecule has 1 nitrogen and oxygen atoms in total. The number of rotatable bonds is 6. The van der Waals surface area contributed by atoms with Crippen LogP contribution in [0, 0.1) is 0 Å². The summed E-state index contributed by atoms with van der Waals surface area (Å²) >= 11 is 15.8. The van der Waals surface area contributed by atoms with Gasteiger partial charge >= 0.3 is 0 Å². The van der Waals surface area contributed by atoms with Crippen LogP contribution in [0.5, 0.6) is 0 Å². The normalized spacial score (nSPS) is 16.0. The van der Waals surface area contributed by atoms with Crippen molar-refractivity contribution in [1.29, 1.82) is 0 Å². The summed E-state index contributed by atoms with van der Waals surface area (Å²) in [5, 5.41) is 2.64. The summed E-state index contributed by atoms with van der Waals surface area (Å²) in [7, 11) is 0. The van der Waals surface area contributed by atoms with Crippen molar-refractivity contribution in [2.24, 2.45) is 0 Å². The van der Waals surface area contributed by atoms with Crippen LogP contribution in [0.1, 0.15) is 31.2 Å². The third kappa shape index (κ3) is 3.86. The highest BCUT2D eigenvalue weighted by Crippen LogP contribution is 2.29. The molecule has 0 bridgehead atoms. The van der Waals surface area contributed by atoms with Crippen molar-refractivity contribution in [1.82, 2.24) is 4.90 Å². The molecule has 0 atom stereocenters. The molecule has 1 fully saturated rings. The van der Waals surface area contributed by atoms with E-state index in [-0.39, 0.29) is 0 Å². The van der Waals surface area contributed by atoms with Crippen LogP contribution in [0.4, 0.5) is 0 Å². The third-order valence-electron chi connectivity index (χ3n) is 3.55. The molecule has 0 spiro atoms. The van der Waals surface area contributed by atoms with Gasteiger partial charge in [0, 0.05) is 28.0 Å². The standard InChI is InChI=1S/C14H18BrCl2N/c15-7-2-8-18(13-3-1-4-13)10-11-9-12(16)5-6-14(11)17/h5-6,9,13H,1-4,7-8,10H2. The molecule has 1 aliphatic carbocycles. The Morgan fingerprint density at radius 2 is 2.06 bits per heavy atom. The number of nitrogens with zero attached hydrogens (tertiary/aromatic N) is 1. The minimum atomic E-state index is 0.735. The van der Waals surface area contributed by atoms with Crippen LogP contribution < -0.4 is 0 Å². The lowest BCUT2D eigenvalue weighted by atomic mass is 9.91. The van der Waals surface area contributed by atoms with Gasteiger partial charge < -0.3 is 0 Å². The predicted octanol–water partition coefficient (Wildman–Crippen LogP) is 5.13. The first-order chi connectivity index (χ1) is 8.70. The Morgan fingerprint density at radius 1 is 1.28 bits per heavy atom. The van der Waals surface area contributed by atoms with Gasteiger partial charge in [-0.1, -0.05) is 45.6 Å². The van der Waals surface area contributed by atoms with Crippen molar-refractivity contribution in [3.63, 3.8) is 0 Å². The number of halogens is 3. The van der Waals surface area contributed by atoms with E-state index in [1.807, 2.05) is 18.2 Å². The van der Waals surface area contributed by atoms with Crippen LogP contribution in [0.15, 0.2) is 18.2 Å². The molecule has 1 saturated carbocycles. The molecule has 0 saturated heterocycles. The van der Waals surface area contributed by atoms with E-state index in [4.69, 9.17) is 23.2 Å². The van der Waals surface area contributed by atoms with Gasteiger partial charge in [0.05, 0.1) is 0 Å². The lowest BCUT2D eigenvalue weighted by Crippen LogP contribution is -2.40. The molecule has 18 heavy (non-hydrogen) atoms. The van der Waals surface area contributed by atoms with Crippen LogP contribution in [0.2, 0.25) is 10.0 Å². The van der Waals surface area contributed by atoms with E-state index in [9.17, 15) is 0 Å². The highest BCUT2D eigenvalue weighted by molar-refractivity contribution is 9.09. The molecule has 1 aliphatic rings. The molecule has 0 unspecified atom stereocenters. The summed E-state index contributed by atoms with van der Waals surface area (Å²) in [6, 6.07) is 6.46. The van der Waals surface area contributed by atoms with Crippen LogP contribution in [-0.2, 0) is 6.54 Å². The van der Waals surface area contributed by atoms with Gasteiger partial charge in [-0.2, -0.15) is 0 Å². The number of hydrogen-bond acceptors (Lipinski definition) is 1. The van der Waals surface area contributed by atoms with Gasteiger partial charge in [-0.15, -0.1) is 0 Å². The second-order valence-corrected chi connectivity index (χ2v) is 6.47. The maximum atomic E-state index is 6.25. The minimum absolute atomic E-state index is 0.735. The Labute approximate surface area is 128 Å². The Kier molecular flexibility index (Phi) is 5.81. The number of hydrogen-bond donors (Lipinski definition) is 0. The Morgan fingerprint density at radius 3 is 2.67 bits per heavy atom. The van der Waals surface area contributed by atoms with Crippen molar-refractivity contribution >= 4 is 39.1 Å². The smallest absolute Gasteiger partial charge is 0.0452 e. The van der Waals surface area contributed by atoms with E-state index >= 15 is 0 Å². The summed E-state index contributed by atoms with van der Waals surface area (Å²) in [5.74, 6) is 0. The van der Waals surface area contributed by atoms with Gasteiger partial charge in [0.25, 0.3) is 0 Å². The quantitative estimate of drug-likeness (QED) is 0.642. The monoisotopic (exact) mass is 349 g/mol. The highest BCUT2D eigenvalue weighted by Gasteiger charge is 2.24. The average Bonchev–Trinajstić information content (AvgIpc) is 2.28. The topological polar surface area (TPSA) is 3.24 Å². The van der Waals surface area contributed by atoms with Gasteiger partial charge in [0.15, 0.2) is 0 Å². The van der Waals surface area contributed by atoms with Crippen molar-refractivity contribution in [3.05, 3.63) is 33.8 Å². The Bertz CT molecular complexity index is 393. The fourth-order valence-corrected chi connectivity index (χ4v) is 2.91. The average molecular weight is 351 g/mol. The van der Waals surface area contributed by atoms with Crippen molar-refractivity contribution in [3.8, 4) is 0 Å². The van der Waals surface area contributed by atoms with Crippen molar-refractivity contribution in [2.45, 2.75) is 38.3 Å². The zero-order valence-corrected chi connectivity index (χ0v) is 13.4. The molecule has 0 heterocycles. The van der Waals surface area contributed by atoms with Gasteiger partial charge in [0.1, 0.15) is 0 Å². The largest absolute Gasteiger partial charge is 0.296 e. The fraction of sp³-hybridized carbons (Fsp3) is 0.571. The maximum absolute atomic E-state index is 6.25. The van der Waals surface area contributed by atoms with Gasteiger partial charge in [-0.25, -0.2) is 0 Å². The maximum Gasteiger partial charge on any atom is 0.0452 e. The molecule has 1 aromatic rings. The molecule has 0 aliphatic heterocycles. The molecular formula is C14H18BrCl2N. The Balaban J connectivity index is 2.04. The van der Waals surface area contributed by atoms with Crippen LogP contribution in [0.3, 0.4) is 0 Å². The fourth-order valence-electron chi connectivity index (χ4n) is 2.29. The molecule has 0 aromatic heterocycles. The first-order valence-corrected chi connectivity index (χ1v) is 8.32. The molecule has 2 rings (SSSR count). The third-order valence-corrected chi connectivity index (χ3v) is 4.72. The second kappa shape index (κ2) is 7.14. The van der Waals surface area contributed by atoms with Gasteiger partial charge in [-0.05, 0) is 49.6 Å². The van der Waals surface area contributed by atoms with E-state index in [0.29, 0.717) is 0 Å². The first kappa shape index (κ1) is 14.6. The van der Waals surface area contributed by atoms with E-state index in [2.05, 4.69) is 20.8 Å². The molecule has 100 valence electrons. The Hall–Kier alpha value is 0.240. The molecule has 0 radical (unpaired) electrons. The lowest BCUT2D eigenvalue weighted by Gasteiger charge is -2.37. The van der Waals surface area contributed by atoms with Crippen molar-refractivity contribution < 1.29 is 0 Å². The van der Waals surface area contributed by atoms with E-state index < -0.39 is 0 Å². The second-order valence-electron chi connectivity index (χ2n) is 4.83. The molecular weight excluding hydrogens is 333 g/mol. The van der Waals surface area contributed by atoms with Crippen LogP contribution >= 0.6 is 39.1 Å². The van der Waals surface area contributed by atoms with E-state index in [0.717, 1.165) is 40.1 Å². The van der Waals surface area contributed by atoms with E-state index in [1.54, 1.807) is 0 Å². The number of alkyl halides is 1. The zero-order chi connectivity index (χ0) is 13.0. The minimum Gasteiger partial charge on any atom is -0.296 e. The highest BCUT2D eigenvalue weighted by atomic mass is 79.9. The van der Waals surface area contributed by atoms with Crippen LogP contribution in [-0.4, -0.2) is 22.8 Å². The molecule has 0 amide bonds.